The average Bonchev–Trinajstić information content (AvgIpc) is 2.71. The molecule has 1 amide bonds. The van der Waals surface area contributed by atoms with Crippen molar-refractivity contribution in [2.24, 2.45) is 0 Å². The van der Waals surface area contributed by atoms with Gasteiger partial charge in [-0.3, -0.25) is 0 Å². The molecule has 0 aliphatic heterocycles. The molecule has 5 nitrogen and oxygen atoms in total. The Morgan fingerprint density at radius 3 is 2.41 bits per heavy atom. The Labute approximate surface area is 198 Å². The fourth-order valence-corrected chi connectivity index (χ4v) is 4.35. The lowest BCUT2D eigenvalue weighted by Crippen LogP contribution is -2.38. The number of benzene rings is 2. The molecule has 0 saturated carbocycles. The standard InChI is InChI=1S/C25H27Cl2NO4/c1-25(2,3)32-24(31)28(4)22-11-9-17(16-7-10-20(26)21(27)14-16)19-13-15(5-8-18(19)22)6-12-23(29)30/h5-8,10,12-14,17,22H,9,11H2,1-4H3,(H,29,30)/b12-6+/t17-,22-/m0/s1. The Balaban J connectivity index is 2.04. The summed E-state index contributed by atoms with van der Waals surface area (Å²) in [7, 11) is 1.75. The van der Waals surface area contributed by atoms with Crippen LogP contribution in [0.3, 0.4) is 0 Å². The van der Waals surface area contributed by atoms with E-state index in [1.54, 1.807) is 24.1 Å². The largest absolute Gasteiger partial charge is 0.478 e. The maximum absolute atomic E-state index is 12.7. The molecule has 1 N–H and O–H groups in total. The van der Waals surface area contributed by atoms with E-state index in [0.29, 0.717) is 10.0 Å². The third-order valence-electron chi connectivity index (χ3n) is 5.49. The minimum atomic E-state index is -1.01. The first-order valence-electron chi connectivity index (χ1n) is 10.4. The van der Waals surface area contributed by atoms with Gasteiger partial charge < -0.3 is 14.7 Å². The van der Waals surface area contributed by atoms with E-state index in [-0.39, 0.29) is 18.1 Å². The van der Waals surface area contributed by atoms with Gasteiger partial charge in [0, 0.05) is 19.0 Å². The van der Waals surface area contributed by atoms with Gasteiger partial charge in [-0.05, 0) is 74.1 Å². The number of fused-ring (bicyclic) bond motifs is 1. The van der Waals surface area contributed by atoms with Gasteiger partial charge in [-0.25, -0.2) is 9.59 Å². The van der Waals surface area contributed by atoms with Crippen molar-refractivity contribution < 1.29 is 19.4 Å². The summed E-state index contributed by atoms with van der Waals surface area (Å²) in [6, 6.07) is 11.3. The van der Waals surface area contributed by atoms with Gasteiger partial charge in [-0.1, -0.05) is 47.5 Å². The highest BCUT2D eigenvalue weighted by molar-refractivity contribution is 6.42. The summed E-state index contributed by atoms with van der Waals surface area (Å²) in [5.74, 6) is -0.965. The van der Waals surface area contributed by atoms with E-state index in [2.05, 4.69) is 0 Å². The lowest BCUT2D eigenvalue weighted by molar-refractivity contribution is -0.131. The molecule has 0 unspecified atom stereocenters. The number of rotatable bonds is 4. The van der Waals surface area contributed by atoms with E-state index in [1.165, 1.54) is 0 Å². The maximum atomic E-state index is 12.7. The molecule has 3 rings (SSSR count). The number of amides is 1. The second-order valence-corrected chi connectivity index (χ2v) is 9.78. The Bertz CT molecular complexity index is 1060. The van der Waals surface area contributed by atoms with Crippen LogP contribution in [0, 0.1) is 0 Å². The van der Waals surface area contributed by atoms with Crippen molar-refractivity contribution in [2.45, 2.75) is 51.2 Å². The van der Waals surface area contributed by atoms with Crippen LogP contribution in [0.4, 0.5) is 4.79 Å². The molecule has 2 aromatic rings. The first-order valence-corrected chi connectivity index (χ1v) is 11.2. The van der Waals surface area contributed by atoms with Gasteiger partial charge in [0.15, 0.2) is 0 Å². The van der Waals surface area contributed by atoms with Crippen LogP contribution >= 0.6 is 23.2 Å². The van der Waals surface area contributed by atoms with E-state index in [1.807, 2.05) is 51.1 Å². The number of halogens is 2. The number of hydrogen-bond donors (Lipinski definition) is 1. The predicted molar refractivity (Wildman–Crippen MR) is 127 cm³/mol. The molecular weight excluding hydrogens is 449 g/mol. The van der Waals surface area contributed by atoms with Crippen molar-refractivity contribution in [3.8, 4) is 0 Å². The van der Waals surface area contributed by atoms with Crippen molar-refractivity contribution in [1.82, 2.24) is 4.90 Å². The van der Waals surface area contributed by atoms with Crippen LogP contribution in [0.15, 0.2) is 42.5 Å². The van der Waals surface area contributed by atoms with E-state index in [9.17, 15) is 9.59 Å². The summed E-state index contributed by atoms with van der Waals surface area (Å²) in [5.41, 5.74) is 3.25. The summed E-state index contributed by atoms with van der Waals surface area (Å²) >= 11 is 12.4. The Kier molecular flexibility index (Phi) is 7.21. The van der Waals surface area contributed by atoms with Gasteiger partial charge in [-0.15, -0.1) is 0 Å². The van der Waals surface area contributed by atoms with Gasteiger partial charge in [0.25, 0.3) is 0 Å². The second-order valence-electron chi connectivity index (χ2n) is 8.97. The van der Waals surface area contributed by atoms with E-state index >= 15 is 0 Å². The number of hydrogen-bond acceptors (Lipinski definition) is 3. The maximum Gasteiger partial charge on any atom is 0.410 e. The zero-order chi connectivity index (χ0) is 23.6. The van der Waals surface area contributed by atoms with Crippen LogP contribution in [0.2, 0.25) is 10.0 Å². The van der Waals surface area contributed by atoms with Crippen LogP contribution in [0.1, 0.15) is 67.8 Å². The molecule has 7 heteroatoms. The Hall–Kier alpha value is -2.50. The molecule has 2 aromatic carbocycles. The molecule has 32 heavy (non-hydrogen) atoms. The van der Waals surface area contributed by atoms with Crippen molar-refractivity contribution in [3.05, 3.63) is 74.8 Å². The number of ether oxygens (including phenoxy) is 1. The molecule has 0 bridgehead atoms. The van der Waals surface area contributed by atoms with Crippen LogP contribution < -0.4 is 0 Å². The van der Waals surface area contributed by atoms with Gasteiger partial charge in [0.2, 0.25) is 0 Å². The molecule has 0 aromatic heterocycles. The van der Waals surface area contributed by atoms with Gasteiger partial charge >= 0.3 is 12.1 Å². The molecule has 0 heterocycles. The highest BCUT2D eigenvalue weighted by Gasteiger charge is 2.34. The molecule has 0 radical (unpaired) electrons. The third-order valence-corrected chi connectivity index (χ3v) is 6.23. The van der Waals surface area contributed by atoms with E-state index < -0.39 is 11.6 Å². The van der Waals surface area contributed by atoms with Crippen molar-refractivity contribution >= 4 is 41.3 Å². The first-order chi connectivity index (χ1) is 15.0. The first kappa shape index (κ1) is 24.1. The van der Waals surface area contributed by atoms with Crippen molar-refractivity contribution in [1.29, 1.82) is 0 Å². The average molecular weight is 476 g/mol. The molecule has 0 spiro atoms. The number of carbonyl (C=O) groups is 2. The normalized spacial score (nSPS) is 18.3. The lowest BCUT2D eigenvalue weighted by atomic mass is 9.76. The van der Waals surface area contributed by atoms with Gasteiger partial charge in [0.05, 0.1) is 16.1 Å². The Morgan fingerprint density at radius 1 is 1.06 bits per heavy atom. The van der Waals surface area contributed by atoms with Gasteiger partial charge in [-0.2, -0.15) is 0 Å². The van der Waals surface area contributed by atoms with Crippen LogP contribution in [0.25, 0.3) is 6.08 Å². The molecule has 0 fully saturated rings. The van der Waals surface area contributed by atoms with E-state index in [4.69, 9.17) is 33.0 Å². The number of nitrogens with zero attached hydrogens (tertiary/aromatic N) is 1. The molecule has 1 aliphatic rings. The molecular formula is C25H27Cl2NO4. The third kappa shape index (κ3) is 5.64. The number of carboxylic acids is 1. The topological polar surface area (TPSA) is 66.8 Å². The molecule has 2 atom stereocenters. The predicted octanol–water partition coefficient (Wildman–Crippen LogP) is 6.92. The summed E-state index contributed by atoms with van der Waals surface area (Å²) < 4.78 is 5.58. The summed E-state index contributed by atoms with van der Waals surface area (Å²) in [6.07, 6.45) is 3.84. The summed E-state index contributed by atoms with van der Waals surface area (Å²) in [5, 5.41) is 9.98. The molecule has 170 valence electrons. The fourth-order valence-electron chi connectivity index (χ4n) is 4.04. The minimum Gasteiger partial charge on any atom is -0.478 e. The smallest absolute Gasteiger partial charge is 0.410 e. The minimum absolute atomic E-state index is 0.0428. The number of carbonyl (C=O) groups excluding carboxylic acids is 1. The Morgan fingerprint density at radius 2 is 1.78 bits per heavy atom. The molecule has 1 aliphatic carbocycles. The summed E-state index contributed by atoms with van der Waals surface area (Å²) in [6.45, 7) is 5.53. The fraction of sp³-hybridized carbons (Fsp3) is 0.360. The monoisotopic (exact) mass is 475 g/mol. The highest BCUT2D eigenvalue weighted by Crippen LogP contribution is 2.45. The van der Waals surface area contributed by atoms with Crippen LogP contribution in [0.5, 0.6) is 0 Å². The van der Waals surface area contributed by atoms with Gasteiger partial charge in [0.1, 0.15) is 5.60 Å². The SMILES string of the molecule is CN(C(=O)OC(C)(C)C)[C@H]1CC[C@@H](c2ccc(Cl)c(Cl)c2)c2cc(/C=C/C(=O)O)ccc21. The summed E-state index contributed by atoms with van der Waals surface area (Å²) in [4.78, 5) is 25.4. The quantitative estimate of drug-likeness (QED) is 0.486. The zero-order valence-corrected chi connectivity index (χ0v) is 20.1. The zero-order valence-electron chi connectivity index (χ0n) is 18.6. The highest BCUT2D eigenvalue weighted by atomic mass is 35.5. The van der Waals surface area contributed by atoms with Crippen molar-refractivity contribution in [2.75, 3.05) is 7.05 Å². The number of carboxylic acid groups (broad SMARTS) is 1. The lowest BCUT2D eigenvalue weighted by Gasteiger charge is -2.37. The second kappa shape index (κ2) is 9.55. The van der Waals surface area contributed by atoms with Crippen LogP contribution in [-0.4, -0.2) is 34.7 Å². The van der Waals surface area contributed by atoms with Crippen molar-refractivity contribution in [3.63, 3.8) is 0 Å². The molecule has 0 saturated heterocycles. The van der Waals surface area contributed by atoms with E-state index in [0.717, 1.165) is 41.2 Å². The van der Waals surface area contributed by atoms with Crippen LogP contribution in [-0.2, 0) is 9.53 Å². The number of aliphatic carboxylic acids is 1.